The number of hydrogen-bond donors (Lipinski definition) is 1. The summed E-state index contributed by atoms with van der Waals surface area (Å²) >= 11 is 0. The van der Waals surface area contributed by atoms with E-state index >= 15 is 0 Å². The molecule has 0 bridgehead atoms. The summed E-state index contributed by atoms with van der Waals surface area (Å²) in [5, 5.41) is 12.6. The molecule has 16 heavy (non-hydrogen) atoms. The predicted octanol–water partition coefficient (Wildman–Crippen LogP) is 0.954. The normalized spacial score (nSPS) is 10.2. The summed E-state index contributed by atoms with van der Waals surface area (Å²) in [5.74, 6) is -0.583. The van der Waals surface area contributed by atoms with E-state index in [4.69, 9.17) is 5.11 Å². The van der Waals surface area contributed by atoms with Crippen molar-refractivity contribution in [1.29, 1.82) is 0 Å². The van der Waals surface area contributed by atoms with E-state index in [1.807, 2.05) is 30.3 Å². The van der Waals surface area contributed by atoms with E-state index in [0.717, 1.165) is 5.56 Å². The zero-order valence-electron chi connectivity index (χ0n) is 8.58. The Morgan fingerprint density at radius 1 is 1.31 bits per heavy atom. The average molecular weight is 217 g/mol. The van der Waals surface area contributed by atoms with Crippen molar-refractivity contribution in [2.45, 2.75) is 13.0 Å². The third-order valence-corrected chi connectivity index (χ3v) is 2.08. The van der Waals surface area contributed by atoms with E-state index in [-0.39, 0.29) is 6.42 Å². The molecule has 82 valence electrons. The van der Waals surface area contributed by atoms with Crippen molar-refractivity contribution >= 4 is 5.97 Å². The highest BCUT2D eigenvalue weighted by Gasteiger charge is 2.05. The maximum Gasteiger partial charge on any atom is 0.311 e. The molecule has 2 aromatic rings. The molecular weight excluding hydrogens is 206 g/mol. The lowest BCUT2D eigenvalue weighted by Gasteiger charge is -1.99. The van der Waals surface area contributed by atoms with Gasteiger partial charge in [-0.05, 0) is 5.56 Å². The number of carboxylic acids is 1. The summed E-state index contributed by atoms with van der Waals surface area (Å²) in [6.45, 7) is 0.605. The van der Waals surface area contributed by atoms with Crippen LogP contribution in [0.25, 0.3) is 0 Å². The SMILES string of the molecule is O=C(O)Cc1ncn(Cc2ccccc2)n1. The molecule has 0 saturated heterocycles. The summed E-state index contributed by atoms with van der Waals surface area (Å²) in [7, 11) is 0. The minimum absolute atomic E-state index is 0.137. The molecule has 0 saturated carbocycles. The van der Waals surface area contributed by atoms with Gasteiger partial charge in [0.15, 0.2) is 5.82 Å². The summed E-state index contributed by atoms with van der Waals surface area (Å²) in [4.78, 5) is 14.4. The topological polar surface area (TPSA) is 68.0 Å². The van der Waals surface area contributed by atoms with Gasteiger partial charge in [0.25, 0.3) is 0 Å². The van der Waals surface area contributed by atoms with Gasteiger partial charge in [0.2, 0.25) is 0 Å². The lowest BCUT2D eigenvalue weighted by molar-refractivity contribution is -0.136. The average Bonchev–Trinajstić information content (AvgIpc) is 2.66. The molecule has 0 amide bonds. The maximum atomic E-state index is 10.4. The van der Waals surface area contributed by atoms with Gasteiger partial charge in [0.05, 0.1) is 6.54 Å². The van der Waals surface area contributed by atoms with Crippen LogP contribution < -0.4 is 0 Å². The first kappa shape index (κ1) is 10.4. The van der Waals surface area contributed by atoms with Crippen molar-refractivity contribution in [3.05, 3.63) is 48.0 Å². The Morgan fingerprint density at radius 3 is 2.75 bits per heavy atom. The van der Waals surface area contributed by atoms with Gasteiger partial charge in [-0.2, -0.15) is 5.10 Å². The van der Waals surface area contributed by atoms with Gasteiger partial charge in [-0.15, -0.1) is 0 Å². The molecule has 0 unspecified atom stereocenters. The molecule has 0 atom stereocenters. The predicted molar refractivity (Wildman–Crippen MR) is 56.9 cm³/mol. The van der Waals surface area contributed by atoms with E-state index in [2.05, 4.69) is 10.1 Å². The van der Waals surface area contributed by atoms with Gasteiger partial charge in [-0.25, -0.2) is 9.67 Å². The van der Waals surface area contributed by atoms with Crippen molar-refractivity contribution in [2.75, 3.05) is 0 Å². The maximum absolute atomic E-state index is 10.4. The third kappa shape index (κ3) is 2.66. The van der Waals surface area contributed by atoms with E-state index in [9.17, 15) is 4.79 Å². The molecular formula is C11H11N3O2. The number of nitrogens with zero attached hydrogens (tertiary/aromatic N) is 3. The van der Waals surface area contributed by atoms with E-state index in [1.165, 1.54) is 0 Å². The first-order chi connectivity index (χ1) is 7.74. The molecule has 1 aromatic carbocycles. The second kappa shape index (κ2) is 4.57. The van der Waals surface area contributed by atoms with Crippen molar-refractivity contribution in [3.63, 3.8) is 0 Å². The summed E-state index contributed by atoms with van der Waals surface area (Å²) in [6, 6.07) is 9.81. The number of hydrogen-bond acceptors (Lipinski definition) is 3. The van der Waals surface area contributed by atoms with Gasteiger partial charge in [0.1, 0.15) is 12.7 Å². The number of carboxylic acid groups (broad SMARTS) is 1. The van der Waals surface area contributed by atoms with Crippen LogP contribution in [0.2, 0.25) is 0 Å². The highest BCUT2D eigenvalue weighted by molar-refractivity contribution is 5.68. The Labute approximate surface area is 92.4 Å². The molecule has 1 N–H and O–H groups in total. The van der Waals surface area contributed by atoms with Crippen LogP contribution in [-0.4, -0.2) is 25.8 Å². The molecule has 0 fully saturated rings. The van der Waals surface area contributed by atoms with Gasteiger partial charge < -0.3 is 5.11 Å². The van der Waals surface area contributed by atoms with Crippen LogP contribution in [0, 0.1) is 0 Å². The third-order valence-electron chi connectivity index (χ3n) is 2.08. The van der Waals surface area contributed by atoms with Crippen molar-refractivity contribution < 1.29 is 9.90 Å². The smallest absolute Gasteiger partial charge is 0.311 e. The Kier molecular flexibility index (Phi) is 2.95. The number of aromatic nitrogens is 3. The number of rotatable bonds is 4. The minimum Gasteiger partial charge on any atom is -0.481 e. The van der Waals surface area contributed by atoms with Crippen LogP contribution >= 0.6 is 0 Å². The van der Waals surface area contributed by atoms with E-state index in [0.29, 0.717) is 12.4 Å². The van der Waals surface area contributed by atoms with E-state index < -0.39 is 5.97 Å². The Morgan fingerprint density at radius 2 is 2.06 bits per heavy atom. The van der Waals surface area contributed by atoms with Crippen LogP contribution in [0.3, 0.4) is 0 Å². The van der Waals surface area contributed by atoms with Crippen LogP contribution in [-0.2, 0) is 17.8 Å². The lowest BCUT2D eigenvalue weighted by atomic mass is 10.2. The molecule has 5 nitrogen and oxygen atoms in total. The fourth-order valence-corrected chi connectivity index (χ4v) is 1.40. The Hall–Kier alpha value is -2.17. The van der Waals surface area contributed by atoms with Crippen molar-refractivity contribution in [2.24, 2.45) is 0 Å². The largest absolute Gasteiger partial charge is 0.481 e. The van der Waals surface area contributed by atoms with Crippen LogP contribution in [0.4, 0.5) is 0 Å². The van der Waals surface area contributed by atoms with Crippen LogP contribution in [0.1, 0.15) is 11.4 Å². The fourth-order valence-electron chi connectivity index (χ4n) is 1.40. The van der Waals surface area contributed by atoms with E-state index in [1.54, 1.807) is 11.0 Å². The molecule has 0 aliphatic carbocycles. The van der Waals surface area contributed by atoms with Crippen LogP contribution in [0.15, 0.2) is 36.7 Å². The van der Waals surface area contributed by atoms with Gasteiger partial charge in [-0.3, -0.25) is 4.79 Å². The quantitative estimate of drug-likeness (QED) is 0.828. The summed E-state index contributed by atoms with van der Waals surface area (Å²) in [5.41, 5.74) is 1.11. The van der Waals surface area contributed by atoms with Gasteiger partial charge >= 0.3 is 5.97 Å². The summed E-state index contributed by atoms with van der Waals surface area (Å²) < 4.78 is 1.63. The zero-order chi connectivity index (χ0) is 11.4. The van der Waals surface area contributed by atoms with Crippen LogP contribution in [0.5, 0.6) is 0 Å². The molecule has 5 heteroatoms. The number of benzene rings is 1. The number of carbonyl (C=O) groups is 1. The zero-order valence-corrected chi connectivity index (χ0v) is 8.58. The highest BCUT2D eigenvalue weighted by atomic mass is 16.4. The first-order valence-electron chi connectivity index (χ1n) is 4.88. The highest BCUT2D eigenvalue weighted by Crippen LogP contribution is 2.01. The van der Waals surface area contributed by atoms with Gasteiger partial charge in [0, 0.05) is 0 Å². The van der Waals surface area contributed by atoms with Crippen molar-refractivity contribution in [3.8, 4) is 0 Å². The number of aliphatic carboxylic acids is 1. The minimum atomic E-state index is -0.919. The van der Waals surface area contributed by atoms with Gasteiger partial charge in [-0.1, -0.05) is 30.3 Å². The molecule has 0 aliphatic rings. The molecule has 2 rings (SSSR count). The first-order valence-corrected chi connectivity index (χ1v) is 4.88. The molecule has 0 spiro atoms. The molecule has 1 aromatic heterocycles. The lowest BCUT2D eigenvalue weighted by Crippen LogP contribution is -2.04. The second-order valence-corrected chi connectivity index (χ2v) is 3.41. The van der Waals surface area contributed by atoms with Crippen molar-refractivity contribution in [1.82, 2.24) is 14.8 Å². The fraction of sp³-hybridized carbons (Fsp3) is 0.182. The Bertz CT molecular complexity index is 479. The summed E-state index contributed by atoms with van der Waals surface area (Å²) in [6.07, 6.45) is 1.41. The molecule has 0 radical (unpaired) electrons. The molecule has 1 heterocycles. The second-order valence-electron chi connectivity index (χ2n) is 3.41. The monoisotopic (exact) mass is 217 g/mol. The standard InChI is InChI=1S/C11H11N3O2/c15-11(16)6-10-12-8-14(13-10)7-9-4-2-1-3-5-9/h1-5,8H,6-7H2,(H,15,16). The Balaban J connectivity index is 2.06. The molecule has 0 aliphatic heterocycles.